The Balaban J connectivity index is 1.61. The molecule has 192 valence electrons. The van der Waals surface area contributed by atoms with Crippen molar-refractivity contribution in [3.05, 3.63) is 75.1 Å². The van der Waals surface area contributed by atoms with Gasteiger partial charge in [-0.3, -0.25) is 9.59 Å². The first-order valence-corrected chi connectivity index (χ1v) is 14.4. The van der Waals surface area contributed by atoms with Gasteiger partial charge in [0, 0.05) is 15.6 Å². The van der Waals surface area contributed by atoms with Crippen LogP contribution in [0.5, 0.6) is 5.75 Å². The summed E-state index contributed by atoms with van der Waals surface area (Å²) in [4.78, 5) is 32.8. The quantitative estimate of drug-likeness (QED) is 0.399. The zero-order chi connectivity index (χ0) is 26.7. The lowest BCUT2D eigenvalue weighted by Gasteiger charge is -2.20. The maximum Gasteiger partial charge on any atom is 0.283 e. The van der Waals surface area contributed by atoms with Gasteiger partial charge >= 0.3 is 0 Å². The van der Waals surface area contributed by atoms with E-state index in [2.05, 4.69) is 10.3 Å². The Hall–Kier alpha value is -3.16. The van der Waals surface area contributed by atoms with Crippen molar-refractivity contribution in [3.63, 3.8) is 0 Å². The minimum absolute atomic E-state index is 0.115. The fraction of sp³-hybridized carbons (Fsp3) is 0.125. The molecule has 4 rings (SSSR count). The third kappa shape index (κ3) is 6.22. The molecule has 0 fully saturated rings. The molecule has 0 saturated heterocycles. The molecule has 3 N–H and O–H groups in total. The summed E-state index contributed by atoms with van der Waals surface area (Å²) in [5, 5.41) is 10.4. The van der Waals surface area contributed by atoms with Gasteiger partial charge in [0.15, 0.2) is 5.17 Å². The van der Waals surface area contributed by atoms with E-state index in [1.807, 2.05) is 18.4 Å². The van der Waals surface area contributed by atoms with E-state index in [1.165, 1.54) is 41.5 Å². The van der Waals surface area contributed by atoms with Gasteiger partial charge in [0.2, 0.25) is 15.9 Å². The first-order valence-electron chi connectivity index (χ1n) is 10.6. The van der Waals surface area contributed by atoms with Crippen molar-refractivity contribution in [2.75, 3.05) is 23.1 Å². The molecular weight excluding hydrogens is 556 g/mol. The van der Waals surface area contributed by atoms with E-state index < -0.39 is 21.8 Å². The van der Waals surface area contributed by atoms with Crippen LogP contribution in [0.3, 0.4) is 0 Å². The number of anilines is 2. The van der Waals surface area contributed by atoms with Crippen LogP contribution in [0.4, 0.5) is 11.4 Å². The van der Waals surface area contributed by atoms with Gasteiger partial charge in [0.05, 0.1) is 23.4 Å². The molecule has 1 aliphatic rings. The van der Waals surface area contributed by atoms with Crippen molar-refractivity contribution in [2.24, 2.45) is 10.1 Å². The predicted octanol–water partition coefficient (Wildman–Crippen LogP) is 4.48. The molecule has 13 heteroatoms. The Morgan fingerprint density at radius 1 is 1.27 bits per heavy atom. The third-order valence-corrected chi connectivity index (χ3v) is 8.21. The van der Waals surface area contributed by atoms with Crippen molar-refractivity contribution >= 4 is 79.2 Å². The van der Waals surface area contributed by atoms with Gasteiger partial charge < -0.3 is 10.1 Å². The molecule has 0 aliphatic carbocycles. The van der Waals surface area contributed by atoms with Crippen LogP contribution in [0, 0.1) is 6.92 Å². The number of thiophene rings is 1. The Kier molecular flexibility index (Phi) is 8.05. The molecule has 0 radical (unpaired) electrons. The van der Waals surface area contributed by atoms with Gasteiger partial charge in [-0.25, -0.2) is 23.4 Å². The van der Waals surface area contributed by atoms with Crippen LogP contribution in [-0.2, 0) is 19.6 Å². The molecule has 1 aromatic heterocycles. The number of aliphatic imine (C=N–C) groups is 1. The summed E-state index contributed by atoms with van der Waals surface area (Å²) < 4.78 is 28.6. The highest BCUT2D eigenvalue weighted by Crippen LogP contribution is 2.37. The van der Waals surface area contributed by atoms with Crippen molar-refractivity contribution in [2.45, 2.75) is 11.8 Å². The summed E-state index contributed by atoms with van der Waals surface area (Å²) in [5.74, 6) is -0.534. The smallest absolute Gasteiger partial charge is 0.283 e. The van der Waals surface area contributed by atoms with Gasteiger partial charge in [0.25, 0.3) is 5.91 Å². The van der Waals surface area contributed by atoms with Crippen molar-refractivity contribution < 1.29 is 22.7 Å². The fourth-order valence-electron chi connectivity index (χ4n) is 3.38. The largest absolute Gasteiger partial charge is 0.495 e. The van der Waals surface area contributed by atoms with E-state index >= 15 is 0 Å². The number of thioether (sulfide) groups is 1. The van der Waals surface area contributed by atoms with E-state index in [9.17, 15) is 18.0 Å². The number of methoxy groups -OCH3 is 1. The maximum absolute atomic E-state index is 13.5. The standard InChI is InChI=1S/C24H21ClN4O5S3/c1-14-8-9-35-21(14)12-18-23(31)29(19-10-15(25)6-7-20(19)34-2)24(28-18)36-13-22(30)27-16-4-3-5-17(11-16)37(26,32)33/h3-12H,13H2,1-2H3,(H,27,30)(H2,26,32,33)/b18-12+. The Morgan fingerprint density at radius 3 is 2.73 bits per heavy atom. The summed E-state index contributed by atoms with van der Waals surface area (Å²) in [7, 11) is -2.44. The molecule has 0 spiro atoms. The maximum atomic E-state index is 13.5. The second-order valence-electron chi connectivity index (χ2n) is 7.76. The highest BCUT2D eigenvalue weighted by Gasteiger charge is 2.34. The number of nitrogens with two attached hydrogens (primary N) is 1. The van der Waals surface area contributed by atoms with Crippen LogP contribution >= 0.6 is 34.7 Å². The van der Waals surface area contributed by atoms with Gasteiger partial charge in [-0.1, -0.05) is 29.4 Å². The van der Waals surface area contributed by atoms with Crippen molar-refractivity contribution in [1.29, 1.82) is 0 Å². The van der Waals surface area contributed by atoms with Crippen LogP contribution in [0.15, 0.2) is 69.5 Å². The minimum atomic E-state index is -3.92. The number of nitrogens with one attached hydrogen (secondary N) is 1. The molecule has 2 aromatic carbocycles. The molecule has 0 bridgehead atoms. The van der Waals surface area contributed by atoms with E-state index in [0.29, 0.717) is 16.5 Å². The number of benzene rings is 2. The van der Waals surface area contributed by atoms with E-state index in [0.717, 1.165) is 22.2 Å². The number of aryl methyl sites for hydroxylation is 1. The molecule has 1 aliphatic heterocycles. The number of carbonyl (C=O) groups is 2. The Morgan fingerprint density at radius 2 is 2.05 bits per heavy atom. The molecule has 3 aromatic rings. The van der Waals surface area contributed by atoms with E-state index in [-0.39, 0.29) is 27.2 Å². The van der Waals surface area contributed by atoms with Crippen molar-refractivity contribution in [1.82, 2.24) is 0 Å². The molecule has 0 atom stereocenters. The second kappa shape index (κ2) is 11.1. The number of amidine groups is 1. The SMILES string of the molecule is COc1ccc(Cl)cc1N1C(=O)/C(=C\c2sccc2C)N=C1SCC(=O)Nc1cccc(S(N)(=O)=O)c1. The normalized spacial score (nSPS) is 14.7. The number of sulfonamides is 1. The zero-order valence-corrected chi connectivity index (χ0v) is 22.8. The van der Waals surface area contributed by atoms with E-state index in [4.69, 9.17) is 21.5 Å². The van der Waals surface area contributed by atoms with Gasteiger partial charge in [-0.15, -0.1) is 11.3 Å². The number of hydrogen-bond acceptors (Lipinski definition) is 8. The fourth-order valence-corrected chi connectivity index (χ4v) is 5.76. The Labute approximate surface area is 227 Å². The lowest BCUT2D eigenvalue weighted by Crippen LogP contribution is -2.31. The summed E-state index contributed by atoms with van der Waals surface area (Å²) in [6.45, 7) is 1.94. The number of hydrogen-bond donors (Lipinski definition) is 2. The monoisotopic (exact) mass is 576 g/mol. The molecule has 2 heterocycles. The van der Waals surface area contributed by atoms with Crippen LogP contribution in [0.1, 0.15) is 10.4 Å². The number of primary sulfonamides is 1. The first kappa shape index (κ1) is 26.9. The highest BCUT2D eigenvalue weighted by molar-refractivity contribution is 8.14. The predicted molar refractivity (Wildman–Crippen MR) is 149 cm³/mol. The topological polar surface area (TPSA) is 131 Å². The highest BCUT2D eigenvalue weighted by atomic mass is 35.5. The number of ether oxygens (including phenoxy) is 1. The average molecular weight is 577 g/mol. The Bertz CT molecular complexity index is 1550. The van der Waals surface area contributed by atoms with E-state index in [1.54, 1.807) is 30.3 Å². The van der Waals surface area contributed by atoms with Crippen molar-refractivity contribution in [3.8, 4) is 5.75 Å². The first-order chi connectivity index (χ1) is 17.6. The minimum Gasteiger partial charge on any atom is -0.495 e. The number of nitrogens with zero attached hydrogens (tertiary/aromatic N) is 2. The molecule has 2 amide bonds. The number of rotatable bonds is 7. The number of amides is 2. The summed E-state index contributed by atoms with van der Waals surface area (Å²) in [6.07, 6.45) is 1.71. The van der Waals surface area contributed by atoms with Gasteiger partial charge in [0.1, 0.15) is 11.4 Å². The molecule has 9 nitrogen and oxygen atoms in total. The van der Waals surface area contributed by atoms with Gasteiger partial charge in [-0.2, -0.15) is 0 Å². The van der Waals surface area contributed by atoms with Gasteiger partial charge in [-0.05, 0) is 66.4 Å². The zero-order valence-electron chi connectivity index (χ0n) is 19.6. The third-order valence-electron chi connectivity index (χ3n) is 5.16. The molecule has 37 heavy (non-hydrogen) atoms. The van der Waals surface area contributed by atoms with Crippen LogP contribution in [-0.4, -0.2) is 38.3 Å². The summed E-state index contributed by atoms with van der Waals surface area (Å²) in [6, 6.07) is 12.4. The lowest BCUT2D eigenvalue weighted by atomic mass is 10.2. The number of carbonyl (C=O) groups excluding carboxylic acids is 2. The number of halogens is 1. The van der Waals surface area contributed by atoms with Crippen LogP contribution in [0.25, 0.3) is 6.08 Å². The molecule has 0 unspecified atom stereocenters. The van der Waals surface area contributed by atoms with Crippen LogP contribution in [0.2, 0.25) is 5.02 Å². The van der Waals surface area contributed by atoms with Crippen LogP contribution < -0.4 is 20.1 Å². The summed E-state index contributed by atoms with van der Waals surface area (Å²) in [5.41, 5.74) is 1.87. The average Bonchev–Trinajstić information content (AvgIpc) is 3.39. The summed E-state index contributed by atoms with van der Waals surface area (Å²) >= 11 is 8.74. The molecule has 0 saturated carbocycles. The lowest BCUT2D eigenvalue weighted by molar-refractivity contribution is -0.114. The second-order valence-corrected chi connectivity index (χ2v) is 11.6. The molecular formula is C24H21ClN4O5S3.